The number of ether oxygens (including phenoxy) is 2. The van der Waals surface area contributed by atoms with Gasteiger partial charge >= 0.3 is 5.97 Å². The lowest BCUT2D eigenvalue weighted by molar-refractivity contribution is -0.132. The van der Waals surface area contributed by atoms with Gasteiger partial charge < -0.3 is 19.7 Å². The van der Waals surface area contributed by atoms with Crippen molar-refractivity contribution in [3.63, 3.8) is 0 Å². The Balaban J connectivity index is 1.25. The quantitative estimate of drug-likeness (QED) is 0.211. The van der Waals surface area contributed by atoms with E-state index in [0.29, 0.717) is 18.1 Å². The van der Waals surface area contributed by atoms with Gasteiger partial charge in [0.05, 0.1) is 6.10 Å². The summed E-state index contributed by atoms with van der Waals surface area (Å²) in [5, 5.41) is 3.40. The maximum Gasteiger partial charge on any atom is 0.308 e. The minimum absolute atomic E-state index is 0.0595. The first-order valence-corrected chi connectivity index (χ1v) is 15.3. The molecule has 0 aromatic heterocycles. The molecule has 1 heterocycles. The number of likely N-dealkylation sites (tertiary alicyclic amines) is 1. The third-order valence-electron chi connectivity index (χ3n) is 9.38. The van der Waals surface area contributed by atoms with Crippen molar-refractivity contribution in [2.45, 2.75) is 88.7 Å². The van der Waals surface area contributed by atoms with Gasteiger partial charge in [-0.2, -0.15) is 0 Å². The average molecular weight is 547 g/mol. The van der Waals surface area contributed by atoms with Crippen molar-refractivity contribution in [2.24, 2.45) is 11.8 Å². The lowest BCUT2D eigenvalue weighted by Gasteiger charge is -2.55. The molecule has 40 heavy (non-hydrogen) atoms. The summed E-state index contributed by atoms with van der Waals surface area (Å²) in [5.41, 5.74) is 2.42. The van der Waals surface area contributed by atoms with E-state index in [4.69, 9.17) is 9.47 Å². The van der Waals surface area contributed by atoms with E-state index in [9.17, 15) is 9.59 Å². The van der Waals surface area contributed by atoms with E-state index in [1.54, 1.807) is 0 Å². The molecule has 5 rings (SSSR count). The first-order chi connectivity index (χ1) is 19.4. The number of fused-ring (bicyclic) bond motifs is 1. The molecule has 4 atom stereocenters. The smallest absolute Gasteiger partial charge is 0.308 e. The lowest BCUT2D eigenvalue weighted by Crippen LogP contribution is -2.61. The summed E-state index contributed by atoms with van der Waals surface area (Å²) in [6, 6.07) is 18.7. The summed E-state index contributed by atoms with van der Waals surface area (Å²) in [4.78, 5) is 27.4. The molecule has 2 aliphatic carbocycles. The third kappa shape index (κ3) is 7.32. The highest BCUT2D eigenvalue weighted by Gasteiger charge is 2.53. The van der Waals surface area contributed by atoms with Gasteiger partial charge in [0, 0.05) is 50.9 Å². The summed E-state index contributed by atoms with van der Waals surface area (Å²) in [7, 11) is 1.82. The minimum atomic E-state index is -0.308. The van der Waals surface area contributed by atoms with Crippen LogP contribution in [0, 0.1) is 11.8 Å². The Bertz CT molecular complexity index is 1130. The van der Waals surface area contributed by atoms with E-state index in [0.717, 1.165) is 64.0 Å². The number of amides is 1. The Hall–Kier alpha value is -2.70. The monoisotopic (exact) mass is 546 g/mol. The van der Waals surface area contributed by atoms with E-state index in [1.807, 2.05) is 25.3 Å². The van der Waals surface area contributed by atoms with E-state index in [1.165, 1.54) is 37.4 Å². The van der Waals surface area contributed by atoms with Crippen LogP contribution in [-0.4, -0.2) is 55.7 Å². The van der Waals surface area contributed by atoms with Crippen molar-refractivity contribution < 1.29 is 19.1 Å². The molecule has 6 heteroatoms. The van der Waals surface area contributed by atoms with Gasteiger partial charge in [-0.1, -0.05) is 48.9 Å². The molecule has 2 saturated carbocycles. The number of rotatable bonds is 12. The van der Waals surface area contributed by atoms with Crippen molar-refractivity contribution in [3.05, 3.63) is 65.7 Å². The third-order valence-corrected chi connectivity index (χ3v) is 9.38. The summed E-state index contributed by atoms with van der Waals surface area (Å²) >= 11 is 0. The second-order valence-corrected chi connectivity index (χ2v) is 12.4. The number of unbranched alkanes of at least 4 members (excludes halogenated alkanes) is 2. The number of hydrogen-bond donors (Lipinski definition) is 1. The van der Waals surface area contributed by atoms with Crippen molar-refractivity contribution in [2.75, 3.05) is 26.7 Å². The molecule has 1 aliphatic heterocycles. The molecule has 2 aromatic carbocycles. The van der Waals surface area contributed by atoms with E-state index in [2.05, 4.69) is 46.6 Å². The Morgan fingerprint density at radius 2 is 1.88 bits per heavy atom. The second-order valence-electron chi connectivity index (χ2n) is 12.4. The van der Waals surface area contributed by atoms with Crippen molar-refractivity contribution >= 4 is 11.9 Å². The largest absolute Gasteiger partial charge is 0.427 e. The zero-order chi connectivity index (χ0) is 28.0. The van der Waals surface area contributed by atoms with Crippen LogP contribution in [0.2, 0.25) is 0 Å². The molecule has 3 fully saturated rings. The van der Waals surface area contributed by atoms with Crippen LogP contribution in [0.3, 0.4) is 0 Å². The van der Waals surface area contributed by atoms with Gasteiger partial charge in [0.25, 0.3) is 0 Å². The molecule has 1 unspecified atom stereocenters. The van der Waals surface area contributed by atoms with Gasteiger partial charge in [0.2, 0.25) is 5.91 Å². The van der Waals surface area contributed by atoms with E-state index < -0.39 is 0 Å². The Kier molecular flexibility index (Phi) is 9.59. The fourth-order valence-corrected chi connectivity index (χ4v) is 7.23. The SMILES string of the molecule is COC1C[C@H](NC(=O)CCCCCc2ccccc2)C[C@]2(c3cccc(OC(C)=O)c3)CCN(CC3CC3)C[C@@H]12. The number of carbonyl (C=O) groups excluding carboxylic acids is 2. The molecule has 6 nitrogen and oxygen atoms in total. The molecule has 1 N–H and O–H groups in total. The lowest BCUT2D eigenvalue weighted by atomic mass is 9.57. The molecule has 216 valence electrons. The fourth-order valence-electron chi connectivity index (χ4n) is 7.23. The number of esters is 1. The topological polar surface area (TPSA) is 67.9 Å². The van der Waals surface area contributed by atoms with Crippen LogP contribution in [0.4, 0.5) is 0 Å². The number of benzene rings is 2. The van der Waals surface area contributed by atoms with Gasteiger partial charge in [0.15, 0.2) is 0 Å². The van der Waals surface area contributed by atoms with Crippen molar-refractivity contribution in [3.8, 4) is 5.75 Å². The molecular formula is C34H46N2O4. The van der Waals surface area contributed by atoms with Crippen LogP contribution in [0.25, 0.3) is 0 Å². The maximum atomic E-state index is 13.1. The number of nitrogens with one attached hydrogen (secondary N) is 1. The van der Waals surface area contributed by atoms with Gasteiger partial charge in [-0.3, -0.25) is 9.59 Å². The predicted molar refractivity (Wildman–Crippen MR) is 157 cm³/mol. The highest BCUT2D eigenvalue weighted by molar-refractivity contribution is 5.76. The van der Waals surface area contributed by atoms with Crippen molar-refractivity contribution in [1.29, 1.82) is 0 Å². The van der Waals surface area contributed by atoms with Crippen LogP contribution in [0.5, 0.6) is 5.75 Å². The average Bonchev–Trinajstić information content (AvgIpc) is 3.77. The molecule has 0 radical (unpaired) electrons. The first-order valence-electron chi connectivity index (χ1n) is 15.3. The van der Waals surface area contributed by atoms with Crippen molar-refractivity contribution in [1.82, 2.24) is 10.2 Å². The zero-order valence-electron chi connectivity index (χ0n) is 24.3. The number of methoxy groups -OCH3 is 1. The van der Waals surface area contributed by atoms with E-state index in [-0.39, 0.29) is 29.4 Å². The summed E-state index contributed by atoms with van der Waals surface area (Å²) in [6.45, 7) is 4.68. The van der Waals surface area contributed by atoms with Crippen LogP contribution < -0.4 is 10.1 Å². The predicted octanol–water partition coefficient (Wildman–Crippen LogP) is 5.68. The number of hydrogen-bond acceptors (Lipinski definition) is 5. The number of nitrogens with zero attached hydrogens (tertiary/aromatic N) is 1. The maximum absolute atomic E-state index is 13.1. The summed E-state index contributed by atoms with van der Waals surface area (Å²) in [6.07, 6.45) is 10.2. The van der Waals surface area contributed by atoms with Crippen LogP contribution >= 0.6 is 0 Å². The Morgan fingerprint density at radius 1 is 1.05 bits per heavy atom. The molecule has 3 aliphatic rings. The zero-order valence-corrected chi connectivity index (χ0v) is 24.3. The fraction of sp³-hybridized carbons (Fsp3) is 0.588. The molecule has 0 bridgehead atoms. The molecular weight excluding hydrogens is 500 g/mol. The van der Waals surface area contributed by atoms with Crippen LogP contribution in [0.1, 0.15) is 75.8 Å². The first kappa shape index (κ1) is 28.8. The molecule has 1 amide bonds. The summed E-state index contributed by atoms with van der Waals surface area (Å²) < 4.78 is 11.7. The highest BCUT2D eigenvalue weighted by atomic mass is 16.5. The van der Waals surface area contributed by atoms with Crippen LogP contribution in [0.15, 0.2) is 54.6 Å². The molecule has 1 saturated heterocycles. The second kappa shape index (κ2) is 13.3. The standard InChI is InChI=1S/C34H46N2O4/c1-25(37)40-30-14-9-13-28(20-30)34-18-19-36(23-27-16-17-27)24-31(34)32(39-2)21-29(22-34)35-33(38)15-8-4-7-12-26-10-5-3-6-11-26/h3,5-6,9-11,13-14,20,27,29,31-32H,4,7-8,12,15-19,21-24H2,1-2H3,(H,35,38)/t29-,31-,32?,34-/m0/s1. The normalized spacial score (nSPS) is 26.6. The summed E-state index contributed by atoms with van der Waals surface area (Å²) in [5.74, 6) is 1.60. The number of aryl methyl sites for hydroxylation is 1. The Morgan fingerprint density at radius 3 is 2.62 bits per heavy atom. The van der Waals surface area contributed by atoms with Gasteiger partial charge in [-0.15, -0.1) is 0 Å². The highest BCUT2D eigenvalue weighted by Crippen LogP contribution is 2.51. The number of carbonyl (C=O) groups is 2. The molecule has 0 spiro atoms. The van der Waals surface area contributed by atoms with Gasteiger partial charge in [-0.05, 0) is 87.1 Å². The van der Waals surface area contributed by atoms with Gasteiger partial charge in [0.1, 0.15) is 5.75 Å². The Labute approximate surface area is 239 Å². The van der Waals surface area contributed by atoms with Crippen LogP contribution in [-0.2, 0) is 26.2 Å². The van der Waals surface area contributed by atoms with Gasteiger partial charge in [-0.25, -0.2) is 0 Å². The number of piperidine rings is 1. The van der Waals surface area contributed by atoms with E-state index >= 15 is 0 Å². The minimum Gasteiger partial charge on any atom is -0.427 e. The molecule has 2 aromatic rings.